The van der Waals surface area contributed by atoms with E-state index in [1.807, 2.05) is 0 Å². The van der Waals surface area contributed by atoms with E-state index >= 15 is 0 Å². The Kier molecular flexibility index (Phi) is 8.87. The maximum absolute atomic E-state index is 7.13. The molecule has 0 saturated heterocycles. The molecule has 60 heavy (non-hydrogen) atoms. The van der Waals surface area contributed by atoms with Gasteiger partial charge in [-0.2, -0.15) is 0 Å². The molecule has 10 aromatic carbocycles. The number of hydrogen-bond donors (Lipinski definition) is 0. The van der Waals surface area contributed by atoms with Gasteiger partial charge in [0.05, 0.1) is 0 Å². The lowest BCUT2D eigenvalue weighted by Gasteiger charge is -2.26. The fraction of sp³-hybridized carbons (Fsp3) is 0. The molecule has 0 unspecified atom stereocenters. The van der Waals surface area contributed by atoms with Crippen LogP contribution in [0.3, 0.4) is 0 Å². The van der Waals surface area contributed by atoms with Crippen molar-refractivity contribution < 1.29 is 4.74 Å². The van der Waals surface area contributed by atoms with Crippen LogP contribution in [0.1, 0.15) is 0 Å². The molecule has 1 aliphatic rings. The van der Waals surface area contributed by atoms with E-state index in [0.29, 0.717) is 0 Å². The van der Waals surface area contributed by atoms with Gasteiger partial charge in [0.25, 0.3) is 0 Å². The number of fused-ring (bicyclic) bond motifs is 6. The summed E-state index contributed by atoms with van der Waals surface area (Å²) in [4.78, 5) is 2.33. The zero-order chi connectivity index (χ0) is 39.8. The van der Waals surface area contributed by atoms with Crippen LogP contribution >= 0.6 is 0 Å². The zero-order valence-electron chi connectivity index (χ0n) is 32.9. The minimum absolute atomic E-state index is 0.854. The second-order valence-corrected chi connectivity index (χ2v) is 15.3. The van der Waals surface area contributed by atoms with Gasteiger partial charge >= 0.3 is 0 Å². The molecule has 0 bridgehead atoms. The third-order valence-corrected chi connectivity index (χ3v) is 11.7. The zero-order valence-corrected chi connectivity index (χ0v) is 32.9. The molecule has 1 heterocycles. The van der Waals surface area contributed by atoms with Crippen LogP contribution in [0.15, 0.2) is 237 Å². The molecule has 0 fully saturated rings. The fourth-order valence-corrected chi connectivity index (χ4v) is 8.63. The van der Waals surface area contributed by atoms with Crippen molar-refractivity contribution in [3.8, 4) is 78.3 Å². The van der Waals surface area contributed by atoms with Gasteiger partial charge in [-0.3, -0.25) is 0 Å². The van der Waals surface area contributed by atoms with E-state index in [1.165, 1.54) is 38.8 Å². The summed E-state index contributed by atoms with van der Waals surface area (Å²) in [5.74, 6) is 1.71. The Morgan fingerprint density at radius 1 is 0.250 bits per heavy atom. The average molecular weight is 766 g/mol. The molecule has 0 aromatic heterocycles. The highest BCUT2D eigenvalue weighted by molar-refractivity contribution is 6.00. The lowest BCUT2D eigenvalue weighted by Crippen LogP contribution is -2.09. The van der Waals surface area contributed by atoms with Crippen molar-refractivity contribution in [1.82, 2.24) is 0 Å². The number of para-hydroxylation sites is 1. The van der Waals surface area contributed by atoms with E-state index in [-0.39, 0.29) is 0 Å². The van der Waals surface area contributed by atoms with E-state index in [2.05, 4.69) is 241 Å². The summed E-state index contributed by atoms with van der Waals surface area (Å²) in [5.41, 5.74) is 17.0. The van der Waals surface area contributed by atoms with Crippen molar-refractivity contribution in [3.05, 3.63) is 237 Å². The van der Waals surface area contributed by atoms with Crippen molar-refractivity contribution in [1.29, 1.82) is 0 Å². The van der Waals surface area contributed by atoms with Crippen molar-refractivity contribution in [3.63, 3.8) is 0 Å². The molecule has 10 aromatic rings. The molecule has 0 saturated carbocycles. The summed E-state index contributed by atoms with van der Waals surface area (Å²) < 4.78 is 7.13. The molecule has 11 rings (SSSR count). The highest BCUT2D eigenvalue weighted by atomic mass is 16.5. The van der Waals surface area contributed by atoms with Crippen LogP contribution in [-0.4, -0.2) is 0 Å². The molecule has 0 N–H and O–H groups in total. The van der Waals surface area contributed by atoms with Crippen molar-refractivity contribution in [2.45, 2.75) is 0 Å². The van der Waals surface area contributed by atoms with Crippen LogP contribution in [0.25, 0.3) is 77.5 Å². The fourth-order valence-electron chi connectivity index (χ4n) is 8.63. The molecular formula is C58H39NO. The van der Waals surface area contributed by atoms with Gasteiger partial charge in [-0.1, -0.05) is 182 Å². The number of hydrogen-bond acceptors (Lipinski definition) is 2. The van der Waals surface area contributed by atoms with Gasteiger partial charge in [-0.05, 0) is 115 Å². The molecule has 2 nitrogen and oxygen atoms in total. The highest BCUT2D eigenvalue weighted by Gasteiger charge is 2.25. The summed E-state index contributed by atoms with van der Waals surface area (Å²) in [7, 11) is 0. The van der Waals surface area contributed by atoms with E-state index < -0.39 is 0 Å². The largest absolute Gasteiger partial charge is 0.455 e. The SMILES string of the molecule is c1ccc(-c2ccc(N(c3ccc(-c4ccccc4)cc3)c3ccc(-c4cccc5c4Oc4cc6ccccc6cc4-c4cc(-c6ccccc6)ccc4-5)cc3)cc2)cc1. The lowest BCUT2D eigenvalue weighted by atomic mass is 9.89. The smallest absolute Gasteiger partial charge is 0.143 e. The maximum atomic E-state index is 7.13. The first-order valence-electron chi connectivity index (χ1n) is 20.5. The normalized spacial score (nSPS) is 11.5. The number of anilines is 3. The van der Waals surface area contributed by atoms with Gasteiger partial charge in [-0.25, -0.2) is 0 Å². The second kappa shape index (κ2) is 15.1. The van der Waals surface area contributed by atoms with Gasteiger partial charge in [0.15, 0.2) is 0 Å². The summed E-state index contributed by atoms with van der Waals surface area (Å²) in [6, 6.07) is 84.7. The molecule has 282 valence electrons. The maximum Gasteiger partial charge on any atom is 0.143 e. The summed E-state index contributed by atoms with van der Waals surface area (Å²) in [6.45, 7) is 0. The Bertz CT molecular complexity index is 3040. The summed E-state index contributed by atoms with van der Waals surface area (Å²) in [6.07, 6.45) is 0. The topological polar surface area (TPSA) is 12.5 Å². The minimum Gasteiger partial charge on any atom is -0.455 e. The Hall–Kier alpha value is -7.94. The standard InChI is InChI=1S/C58H39NO/c1-4-13-40(14-5-1)43-23-30-49(31-24-43)59(50-32-25-44(26-33-50)41-15-6-2-7-16-41)51-34-27-45(28-35-51)52-21-12-22-54-53-36-29-48(42-17-8-3-9-18-42)37-55(53)56-38-46-19-10-11-20-47(46)39-57(56)60-58(52)54/h1-39H. The monoisotopic (exact) mass is 765 g/mol. The first kappa shape index (κ1) is 35.2. The number of ether oxygens (including phenoxy) is 1. The number of benzene rings is 10. The molecular weight excluding hydrogens is 727 g/mol. The minimum atomic E-state index is 0.854. The van der Waals surface area contributed by atoms with Gasteiger partial charge in [0.1, 0.15) is 11.5 Å². The average Bonchev–Trinajstić information content (AvgIpc) is 3.46. The molecule has 0 aliphatic carbocycles. The van der Waals surface area contributed by atoms with E-state index in [4.69, 9.17) is 4.74 Å². The summed E-state index contributed by atoms with van der Waals surface area (Å²) in [5, 5.41) is 2.34. The van der Waals surface area contributed by atoms with Gasteiger partial charge in [0, 0.05) is 33.8 Å². The number of nitrogens with zero attached hydrogens (tertiary/aromatic N) is 1. The predicted molar refractivity (Wildman–Crippen MR) is 251 cm³/mol. The van der Waals surface area contributed by atoms with Crippen LogP contribution in [0.4, 0.5) is 17.1 Å². The predicted octanol–water partition coefficient (Wildman–Crippen LogP) is 16.4. The molecule has 0 atom stereocenters. The Labute approximate surface area is 350 Å². The van der Waals surface area contributed by atoms with Gasteiger partial charge in [0.2, 0.25) is 0 Å². The van der Waals surface area contributed by atoms with E-state index in [1.54, 1.807) is 0 Å². The Morgan fingerprint density at radius 2 is 0.683 bits per heavy atom. The van der Waals surface area contributed by atoms with E-state index in [0.717, 1.165) is 67.3 Å². The van der Waals surface area contributed by atoms with Crippen LogP contribution in [0.5, 0.6) is 11.5 Å². The van der Waals surface area contributed by atoms with E-state index in [9.17, 15) is 0 Å². The van der Waals surface area contributed by atoms with Crippen molar-refractivity contribution in [2.75, 3.05) is 4.90 Å². The first-order valence-corrected chi connectivity index (χ1v) is 20.5. The second-order valence-electron chi connectivity index (χ2n) is 15.3. The molecule has 2 heteroatoms. The van der Waals surface area contributed by atoms with Crippen molar-refractivity contribution >= 4 is 27.8 Å². The quantitative estimate of drug-likeness (QED) is 0.160. The number of rotatable bonds is 7. The van der Waals surface area contributed by atoms with Crippen LogP contribution < -0.4 is 9.64 Å². The Morgan fingerprint density at radius 3 is 1.23 bits per heavy atom. The third-order valence-electron chi connectivity index (χ3n) is 11.7. The summed E-state index contributed by atoms with van der Waals surface area (Å²) >= 11 is 0. The molecule has 0 amide bonds. The first-order chi connectivity index (χ1) is 29.7. The van der Waals surface area contributed by atoms with Crippen LogP contribution in [0, 0.1) is 0 Å². The van der Waals surface area contributed by atoms with Crippen molar-refractivity contribution in [2.24, 2.45) is 0 Å². The molecule has 0 spiro atoms. The van der Waals surface area contributed by atoms with Crippen LogP contribution in [0.2, 0.25) is 0 Å². The third kappa shape index (κ3) is 6.51. The highest BCUT2D eigenvalue weighted by Crippen LogP contribution is 2.52. The van der Waals surface area contributed by atoms with Crippen LogP contribution in [-0.2, 0) is 0 Å². The lowest BCUT2D eigenvalue weighted by molar-refractivity contribution is 0.490. The van der Waals surface area contributed by atoms with Gasteiger partial charge in [-0.15, -0.1) is 0 Å². The van der Waals surface area contributed by atoms with Gasteiger partial charge < -0.3 is 9.64 Å². The molecule has 1 aliphatic heterocycles. The molecule has 0 radical (unpaired) electrons. The Balaban J connectivity index is 1.01.